The van der Waals surface area contributed by atoms with Crippen LogP contribution in [0.1, 0.15) is 45.0 Å². The van der Waals surface area contributed by atoms with E-state index in [4.69, 9.17) is 0 Å². The predicted octanol–water partition coefficient (Wildman–Crippen LogP) is 3.41. The van der Waals surface area contributed by atoms with Gasteiger partial charge in [0.25, 0.3) is 0 Å². The van der Waals surface area contributed by atoms with Crippen LogP contribution in [-0.4, -0.2) is 23.4 Å². The molecule has 0 saturated carbocycles. The maximum atomic E-state index is 4.67. The Morgan fingerprint density at radius 3 is 2.56 bits per heavy atom. The number of nitrogens with zero attached hydrogens (tertiary/aromatic N) is 2. The molecular formula is C14H26BrN3. The highest BCUT2D eigenvalue weighted by Crippen LogP contribution is 2.26. The molecule has 1 rings (SSSR count). The van der Waals surface area contributed by atoms with Crippen LogP contribution in [0.5, 0.6) is 0 Å². The second-order valence-electron chi connectivity index (χ2n) is 4.79. The third kappa shape index (κ3) is 3.82. The van der Waals surface area contributed by atoms with Gasteiger partial charge in [-0.05, 0) is 61.6 Å². The van der Waals surface area contributed by atoms with E-state index in [0.29, 0.717) is 5.92 Å². The zero-order valence-corrected chi connectivity index (χ0v) is 13.7. The van der Waals surface area contributed by atoms with E-state index in [1.54, 1.807) is 0 Å². The van der Waals surface area contributed by atoms with E-state index in [2.05, 4.69) is 51.8 Å². The van der Waals surface area contributed by atoms with Gasteiger partial charge in [0, 0.05) is 6.54 Å². The van der Waals surface area contributed by atoms with E-state index < -0.39 is 0 Å². The van der Waals surface area contributed by atoms with Gasteiger partial charge in [-0.1, -0.05) is 20.3 Å². The maximum absolute atomic E-state index is 4.67. The lowest BCUT2D eigenvalue weighted by Gasteiger charge is -2.16. The molecule has 0 aliphatic rings. The third-order valence-electron chi connectivity index (χ3n) is 3.37. The highest BCUT2D eigenvalue weighted by atomic mass is 79.9. The van der Waals surface area contributed by atoms with Crippen molar-refractivity contribution in [1.82, 2.24) is 15.1 Å². The number of hydrogen-bond donors (Lipinski definition) is 1. The summed E-state index contributed by atoms with van der Waals surface area (Å²) in [4.78, 5) is 0. The van der Waals surface area contributed by atoms with Crippen LogP contribution in [0.15, 0.2) is 4.47 Å². The summed E-state index contributed by atoms with van der Waals surface area (Å²) in [5, 5.41) is 7.98. The van der Waals surface area contributed by atoms with Crippen molar-refractivity contribution in [2.75, 3.05) is 13.6 Å². The molecule has 0 fully saturated rings. The first-order valence-corrected chi connectivity index (χ1v) is 7.85. The molecule has 1 heterocycles. The van der Waals surface area contributed by atoms with Crippen molar-refractivity contribution >= 4 is 15.9 Å². The number of aryl methyl sites for hydroxylation is 2. The molecule has 1 N–H and O–H groups in total. The monoisotopic (exact) mass is 315 g/mol. The summed E-state index contributed by atoms with van der Waals surface area (Å²) in [7, 11) is 2.03. The lowest BCUT2D eigenvalue weighted by molar-refractivity contribution is 0.438. The summed E-state index contributed by atoms with van der Waals surface area (Å²) >= 11 is 3.73. The SMILES string of the molecule is CCCC(CNC)Cc1c(Br)c(CC)nn1CC. The van der Waals surface area contributed by atoms with Gasteiger partial charge in [-0.2, -0.15) is 5.10 Å². The average Bonchev–Trinajstić information content (AvgIpc) is 2.67. The Morgan fingerprint density at radius 2 is 2.06 bits per heavy atom. The Kier molecular flexibility index (Phi) is 6.94. The van der Waals surface area contributed by atoms with Crippen molar-refractivity contribution in [3.05, 3.63) is 15.9 Å². The average molecular weight is 316 g/mol. The number of nitrogens with one attached hydrogen (secondary N) is 1. The molecule has 0 bridgehead atoms. The van der Waals surface area contributed by atoms with Crippen LogP contribution in [0.4, 0.5) is 0 Å². The molecule has 3 nitrogen and oxygen atoms in total. The topological polar surface area (TPSA) is 29.9 Å². The lowest BCUT2D eigenvalue weighted by atomic mass is 9.97. The Hall–Kier alpha value is -0.350. The van der Waals surface area contributed by atoms with Crippen LogP contribution >= 0.6 is 15.9 Å². The summed E-state index contributed by atoms with van der Waals surface area (Å²) in [5.41, 5.74) is 2.55. The number of hydrogen-bond acceptors (Lipinski definition) is 2. The van der Waals surface area contributed by atoms with Crippen molar-refractivity contribution in [2.24, 2.45) is 5.92 Å². The molecular weight excluding hydrogens is 290 g/mol. The summed E-state index contributed by atoms with van der Waals surface area (Å²) in [5.74, 6) is 0.697. The van der Waals surface area contributed by atoms with Crippen molar-refractivity contribution in [3.8, 4) is 0 Å². The van der Waals surface area contributed by atoms with Crippen molar-refractivity contribution in [3.63, 3.8) is 0 Å². The van der Waals surface area contributed by atoms with Crippen molar-refractivity contribution in [2.45, 2.75) is 53.0 Å². The molecule has 18 heavy (non-hydrogen) atoms. The minimum atomic E-state index is 0.697. The van der Waals surface area contributed by atoms with Crippen LogP contribution in [0.3, 0.4) is 0 Å². The van der Waals surface area contributed by atoms with Crippen LogP contribution in [0, 0.1) is 5.92 Å². The highest BCUT2D eigenvalue weighted by Gasteiger charge is 2.17. The summed E-state index contributed by atoms with van der Waals surface area (Å²) in [6.45, 7) is 8.61. The van der Waals surface area contributed by atoms with Gasteiger partial charge in [-0.15, -0.1) is 0 Å². The van der Waals surface area contributed by atoms with Gasteiger partial charge in [0.1, 0.15) is 0 Å². The van der Waals surface area contributed by atoms with Gasteiger partial charge >= 0.3 is 0 Å². The molecule has 0 saturated heterocycles. The minimum Gasteiger partial charge on any atom is -0.319 e. The second-order valence-corrected chi connectivity index (χ2v) is 5.59. The van der Waals surface area contributed by atoms with E-state index in [9.17, 15) is 0 Å². The van der Waals surface area contributed by atoms with Gasteiger partial charge in [-0.3, -0.25) is 4.68 Å². The van der Waals surface area contributed by atoms with Crippen LogP contribution in [0.25, 0.3) is 0 Å². The Balaban J connectivity index is 2.89. The fraction of sp³-hybridized carbons (Fsp3) is 0.786. The normalized spacial score (nSPS) is 12.9. The van der Waals surface area contributed by atoms with Gasteiger partial charge in [0.05, 0.1) is 15.9 Å². The first kappa shape index (κ1) is 15.7. The minimum absolute atomic E-state index is 0.697. The number of halogens is 1. The molecule has 0 spiro atoms. The third-order valence-corrected chi connectivity index (χ3v) is 4.28. The van der Waals surface area contributed by atoms with Gasteiger partial charge < -0.3 is 5.32 Å². The van der Waals surface area contributed by atoms with E-state index in [1.165, 1.54) is 28.7 Å². The molecule has 0 aliphatic heterocycles. The Morgan fingerprint density at radius 1 is 1.33 bits per heavy atom. The summed E-state index contributed by atoms with van der Waals surface area (Å²) < 4.78 is 3.38. The number of aromatic nitrogens is 2. The van der Waals surface area contributed by atoms with Crippen LogP contribution in [-0.2, 0) is 19.4 Å². The highest BCUT2D eigenvalue weighted by molar-refractivity contribution is 9.10. The van der Waals surface area contributed by atoms with Crippen molar-refractivity contribution < 1.29 is 0 Å². The maximum Gasteiger partial charge on any atom is 0.0766 e. The fourth-order valence-electron chi connectivity index (χ4n) is 2.46. The summed E-state index contributed by atoms with van der Waals surface area (Å²) in [6.07, 6.45) is 4.61. The molecule has 1 unspecified atom stereocenters. The molecule has 0 amide bonds. The quantitative estimate of drug-likeness (QED) is 0.796. The molecule has 0 aromatic carbocycles. The fourth-order valence-corrected chi connectivity index (χ4v) is 3.19. The first-order chi connectivity index (χ1) is 8.67. The molecule has 4 heteroatoms. The van der Waals surface area contributed by atoms with E-state index >= 15 is 0 Å². The molecule has 0 aliphatic carbocycles. The Labute approximate surface area is 119 Å². The first-order valence-electron chi connectivity index (χ1n) is 7.06. The van der Waals surface area contributed by atoms with Crippen molar-refractivity contribution in [1.29, 1.82) is 0 Å². The second kappa shape index (κ2) is 7.95. The molecule has 0 radical (unpaired) electrons. The Bertz CT molecular complexity index is 354. The van der Waals surface area contributed by atoms with E-state index in [-0.39, 0.29) is 0 Å². The van der Waals surface area contributed by atoms with Crippen LogP contribution < -0.4 is 5.32 Å². The number of rotatable bonds is 8. The molecule has 1 aromatic heterocycles. The zero-order valence-electron chi connectivity index (χ0n) is 12.1. The summed E-state index contributed by atoms with van der Waals surface area (Å²) in [6, 6.07) is 0. The van der Waals surface area contributed by atoms with Gasteiger partial charge in [-0.25, -0.2) is 0 Å². The molecule has 1 aromatic rings. The molecule has 104 valence electrons. The van der Waals surface area contributed by atoms with Gasteiger partial charge in [0.2, 0.25) is 0 Å². The standard InChI is InChI=1S/C14H26BrN3/c1-5-8-11(10-16-4)9-13-14(15)12(6-2)17-18(13)7-3/h11,16H,5-10H2,1-4H3. The largest absolute Gasteiger partial charge is 0.319 e. The predicted molar refractivity (Wildman–Crippen MR) is 81.0 cm³/mol. The van der Waals surface area contributed by atoms with E-state index in [1.807, 2.05) is 7.05 Å². The van der Waals surface area contributed by atoms with Gasteiger partial charge in [0.15, 0.2) is 0 Å². The van der Waals surface area contributed by atoms with E-state index in [0.717, 1.165) is 25.9 Å². The molecule has 1 atom stereocenters. The zero-order chi connectivity index (χ0) is 13.5. The van der Waals surface area contributed by atoms with Crippen LogP contribution in [0.2, 0.25) is 0 Å². The smallest absolute Gasteiger partial charge is 0.0766 e. The lowest BCUT2D eigenvalue weighted by Crippen LogP contribution is -2.22.